The van der Waals surface area contributed by atoms with Crippen molar-refractivity contribution in [2.75, 3.05) is 11.9 Å². The van der Waals surface area contributed by atoms with Gasteiger partial charge in [0.15, 0.2) is 0 Å². The summed E-state index contributed by atoms with van der Waals surface area (Å²) in [4.78, 5) is 31.9. The molecular formula is C20H21N3O3S. The van der Waals surface area contributed by atoms with E-state index < -0.39 is 0 Å². The maximum absolute atomic E-state index is 12.9. The molecule has 7 heteroatoms. The van der Waals surface area contributed by atoms with Gasteiger partial charge in [0, 0.05) is 4.88 Å². The lowest BCUT2D eigenvalue weighted by molar-refractivity contribution is -0.116. The molecular weight excluding hydrogens is 362 g/mol. The number of benzene rings is 1. The van der Waals surface area contributed by atoms with Gasteiger partial charge in [-0.1, -0.05) is 12.1 Å². The first-order valence-corrected chi connectivity index (χ1v) is 10.0. The smallest absolute Gasteiger partial charge is 0.262 e. The zero-order valence-electron chi connectivity index (χ0n) is 15.2. The van der Waals surface area contributed by atoms with Crippen LogP contribution in [0.1, 0.15) is 30.2 Å². The van der Waals surface area contributed by atoms with Crippen LogP contribution >= 0.6 is 11.3 Å². The number of aryl methyl sites for hydroxylation is 2. The first-order valence-electron chi connectivity index (χ1n) is 9.18. The number of nitrogens with one attached hydrogen (secondary N) is 1. The van der Waals surface area contributed by atoms with E-state index in [9.17, 15) is 9.59 Å². The number of aromatic nitrogens is 2. The monoisotopic (exact) mass is 383 g/mol. The molecule has 2 aromatic heterocycles. The van der Waals surface area contributed by atoms with Gasteiger partial charge in [0.1, 0.15) is 17.1 Å². The Bertz CT molecular complexity index is 1050. The van der Waals surface area contributed by atoms with Gasteiger partial charge in [0.05, 0.1) is 24.0 Å². The third kappa shape index (κ3) is 3.47. The minimum absolute atomic E-state index is 0.0765. The SMILES string of the molecule is CCOc1ccccc1NC(=O)Cn1cnc2sc3c(c2c1=O)CCCC3. The number of carbonyl (C=O) groups excluding carboxylic acids is 1. The largest absolute Gasteiger partial charge is 0.492 e. The van der Waals surface area contributed by atoms with E-state index in [0.717, 1.165) is 36.1 Å². The molecule has 1 amide bonds. The predicted octanol–water partition coefficient (Wildman–Crippen LogP) is 3.37. The molecule has 1 aliphatic carbocycles. The second kappa shape index (κ2) is 7.52. The fourth-order valence-corrected chi connectivity index (χ4v) is 4.71. The van der Waals surface area contributed by atoms with Crippen molar-refractivity contribution < 1.29 is 9.53 Å². The molecule has 27 heavy (non-hydrogen) atoms. The topological polar surface area (TPSA) is 73.2 Å². The highest BCUT2D eigenvalue weighted by Crippen LogP contribution is 2.33. The van der Waals surface area contributed by atoms with Crippen molar-refractivity contribution in [3.8, 4) is 5.75 Å². The Morgan fingerprint density at radius 3 is 2.96 bits per heavy atom. The van der Waals surface area contributed by atoms with E-state index in [-0.39, 0.29) is 18.0 Å². The van der Waals surface area contributed by atoms with E-state index in [2.05, 4.69) is 10.3 Å². The summed E-state index contributed by atoms with van der Waals surface area (Å²) >= 11 is 1.61. The third-order valence-electron chi connectivity index (χ3n) is 4.72. The van der Waals surface area contributed by atoms with Crippen LogP contribution in [0.25, 0.3) is 10.2 Å². The summed E-state index contributed by atoms with van der Waals surface area (Å²) in [5.41, 5.74) is 1.60. The maximum atomic E-state index is 12.9. The first-order chi connectivity index (χ1) is 13.2. The summed E-state index contributed by atoms with van der Waals surface area (Å²) in [7, 11) is 0. The maximum Gasteiger partial charge on any atom is 0.262 e. The van der Waals surface area contributed by atoms with Crippen LogP contribution in [0.4, 0.5) is 5.69 Å². The Morgan fingerprint density at radius 1 is 1.30 bits per heavy atom. The van der Waals surface area contributed by atoms with E-state index >= 15 is 0 Å². The molecule has 0 spiro atoms. The van der Waals surface area contributed by atoms with E-state index in [0.29, 0.717) is 23.4 Å². The van der Waals surface area contributed by atoms with Gasteiger partial charge in [-0.15, -0.1) is 11.3 Å². The van der Waals surface area contributed by atoms with Crippen LogP contribution in [-0.2, 0) is 24.2 Å². The van der Waals surface area contributed by atoms with E-state index in [1.165, 1.54) is 15.8 Å². The molecule has 4 rings (SSSR count). The second-order valence-corrected chi connectivity index (χ2v) is 7.63. The van der Waals surface area contributed by atoms with Crippen molar-refractivity contribution in [2.45, 2.75) is 39.2 Å². The van der Waals surface area contributed by atoms with Crippen molar-refractivity contribution in [1.82, 2.24) is 9.55 Å². The van der Waals surface area contributed by atoms with Crippen LogP contribution in [0.15, 0.2) is 35.4 Å². The van der Waals surface area contributed by atoms with Crippen LogP contribution in [0.2, 0.25) is 0 Å². The number of nitrogens with zero attached hydrogens (tertiary/aromatic N) is 2. The molecule has 0 aliphatic heterocycles. The average Bonchev–Trinajstić information content (AvgIpc) is 3.05. The van der Waals surface area contributed by atoms with Crippen LogP contribution < -0.4 is 15.6 Å². The summed E-state index contributed by atoms with van der Waals surface area (Å²) in [6, 6.07) is 7.26. The van der Waals surface area contributed by atoms with Crippen molar-refractivity contribution in [1.29, 1.82) is 0 Å². The Balaban J connectivity index is 1.59. The van der Waals surface area contributed by atoms with Gasteiger partial charge in [0.2, 0.25) is 5.91 Å². The van der Waals surface area contributed by atoms with Crippen molar-refractivity contribution in [3.63, 3.8) is 0 Å². The highest BCUT2D eigenvalue weighted by atomic mass is 32.1. The molecule has 0 atom stereocenters. The van der Waals surface area contributed by atoms with Gasteiger partial charge in [-0.25, -0.2) is 4.98 Å². The minimum Gasteiger partial charge on any atom is -0.492 e. The van der Waals surface area contributed by atoms with Crippen molar-refractivity contribution in [3.05, 3.63) is 51.4 Å². The number of carbonyl (C=O) groups is 1. The molecule has 3 aromatic rings. The minimum atomic E-state index is -0.283. The molecule has 2 heterocycles. The number of amides is 1. The average molecular weight is 383 g/mol. The van der Waals surface area contributed by atoms with Crippen molar-refractivity contribution in [2.24, 2.45) is 0 Å². The number of fused-ring (bicyclic) bond motifs is 3. The summed E-state index contributed by atoms with van der Waals surface area (Å²) in [6.45, 7) is 2.32. The summed E-state index contributed by atoms with van der Waals surface area (Å²) in [6.07, 6.45) is 5.67. The fraction of sp³-hybridized carbons (Fsp3) is 0.350. The van der Waals surface area contributed by atoms with Crippen LogP contribution in [-0.4, -0.2) is 22.1 Å². The van der Waals surface area contributed by atoms with Gasteiger partial charge in [-0.2, -0.15) is 0 Å². The van der Waals surface area contributed by atoms with Crippen LogP contribution in [0, 0.1) is 0 Å². The Labute approximate surface area is 160 Å². The molecule has 1 aromatic carbocycles. The number of para-hydroxylation sites is 2. The predicted molar refractivity (Wildman–Crippen MR) is 107 cm³/mol. The molecule has 0 radical (unpaired) electrons. The summed E-state index contributed by atoms with van der Waals surface area (Å²) < 4.78 is 6.92. The molecule has 1 N–H and O–H groups in total. The number of thiophene rings is 1. The number of hydrogen-bond acceptors (Lipinski definition) is 5. The van der Waals surface area contributed by atoms with Gasteiger partial charge in [-0.3, -0.25) is 14.2 Å². The Morgan fingerprint density at radius 2 is 2.11 bits per heavy atom. The summed E-state index contributed by atoms with van der Waals surface area (Å²) in [5.74, 6) is 0.329. The quantitative estimate of drug-likeness (QED) is 0.733. The molecule has 140 valence electrons. The number of ether oxygens (including phenoxy) is 1. The van der Waals surface area contributed by atoms with Gasteiger partial charge >= 0.3 is 0 Å². The van der Waals surface area contributed by atoms with E-state index in [4.69, 9.17) is 4.74 Å². The van der Waals surface area contributed by atoms with E-state index in [1.54, 1.807) is 23.5 Å². The molecule has 1 aliphatic rings. The molecule has 0 unspecified atom stereocenters. The molecule has 0 saturated heterocycles. The van der Waals surface area contributed by atoms with Crippen LogP contribution in [0.5, 0.6) is 5.75 Å². The zero-order chi connectivity index (χ0) is 18.8. The number of rotatable bonds is 5. The van der Waals surface area contributed by atoms with Gasteiger partial charge in [0.25, 0.3) is 5.56 Å². The fourth-order valence-electron chi connectivity index (χ4n) is 3.49. The Hall–Kier alpha value is -2.67. The normalized spacial score (nSPS) is 13.4. The highest BCUT2D eigenvalue weighted by Gasteiger charge is 2.20. The second-order valence-electron chi connectivity index (χ2n) is 6.55. The molecule has 6 nitrogen and oxygen atoms in total. The number of hydrogen-bond donors (Lipinski definition) is 1. The van der Waals surface area contributed by atoms with Gasteiger partial charge < -0.3 is 10.1 Å². The number of anilines is 1. The van der Waals surface area contributed by atoms with E-state index in [1.807, 2.05) is 19.1 Å². The molecule has 0 bridgehead atoms. The van der Waals surface area contributed by atoms with Crippen LogP contribution in [0.3, 0.4) is 0 Å². The van der Waals surface area contributed by atoms with Gasteiger partial charge in [-0.05, 0) is 50.3 Å². The zero-order valence-corrected chi connectivity index (χ0v) is 16.0. The van der Waals surface area contributed by atoms with Crippen molar-refractivity contribution >= 4 is 33.1 Å². The standard InChI is InChI=1S/C20H21N3O3S/c1-2-26-15-9-5-4-8-14(15)22-17(24)11-23-12-21-19-18(20(23)25)13-7-3-6-10-16(13)27-19/h4-5,8-9,12H,2-3,6-7,10-11H2,1H3,(H,22,24). The lowest BCUT2D eigenvalue weighted by Gasteiger charge is -2.12. The summed E-state index contributed by atoms with van der Waals surface area (Å²) in [5, 5.41) is 3.52. The first kappa shape index (κ1) is 17.7. The lowest BCUT2D eigenvalue weighted by atomic mass is 9.97. The Kier molecular flexibility index (Phi) is 4.94. The molecule has 0 saturated carbocycles. The third-order valence-corrected chi connectivity index (χ3v) is 5.92. The highest BCUT2D eigenvalue weighted by molar-refractivity contribution is 7.18. The lowest BCUT2D eigenvalue weighted by Crippen LogP contribution is -2.28. The molecule has 0 fully saturated rings.